The van der Waals surface area contributed by atoms with Crippen LogP contribution in [0.3, 0.4) is 0 Å². The molecule has 0 aliphatic heterocycles. The average molecular weight is 333 g/mol. The number of hydrogen-bond acceptors (Lipinski definition) is 1. The highest BCUT2D eigenvalue weighted by Gasteiger charge is 2.14. The van der Waals surface area contributed by atoms with Gasteiger partial charge in [-0.2, -0.15) is 0 Å². The van der Waals surface area contributed by atoms with Gasteiger partial charge in [0.15, 0.2) is 0 Å². The lowest BCUT2D eigenvalue weighted by atomic mass is 9.97. The molecule has 1 nitrogen and oxygen atoms in total. The maximum Gasteiger partial charge on any atom is 0.0465 e. The van der Waals surface area contributed by atoms with Crippen molar-refractivity contribution in [2.75, 3.05) is 6.54 Å². The normalized spacial score (nSPS) is 13.0. The third kappa shape index (κ3) is 5.29. The highest BCUT2D eigenvalue weighted by molar-refractivity contribution is 9.10. The molecule has 102 valence electrons. The lowest BCUT2D eigenvalue weighted by Gasteiger charge is -2.21. The van der Waals surface area contributed by atoms with E-state index in [2.05, 4.69) is 54.2 Å². The van der Waals surface area contributed by atoms with Crippen LogP contribution < -0.4 is 5.32 Å². The molecule has 0 heterocycles. The van der Waals surface area contributed by atoms with Crippen molar-refractivity contribution >= 4 is 27.5 Å². The summed E-state index contributed by atoms with van der Waals surface area (Å²) in [6.45, 7) is 7.75. The number of halogens is 2. The zero-order chi connectivity index (χ0) is 13.5. The molecular weight excluding hydrogens is 310 g/mol. The van der Waals surface area contributed by atoms with Gasteiger partial charge in [0, 0.05) is 15.5 Å². The van der Waals surface area contributed by atoms with Crippen LogP contribution in [0.25, 0.3) is 0 Å². The monoisotopic (exact) mass is 331 g/mol. The average Bonchev–Trinajstić information content (AvgIpc) is 2.30. The highest BCUT2D eigenvalue weighted by atomic mass is 79.9. The van der Waals surface area contributed by atoms with E-state index in [0.717, 1.165) is 34.8 Å². The topological polar surface area (TPSA) is 12.0 Å². The van der Waals surface area contributed by atoms with E-state index in [-0.39, 0.29) is 0 Å². The first-order valence-electron chi connectivity index (χ1n) is 6.73. The van der Waals surface area contributed by atoms with Crippen LogP contribution in [0.1, 0.15) is 51.6 Å². The summed E-state index contributed by atoms with van der Waals surface area (Å²) in [6.07, 6.45) is 3.50. The molecule has 0 aliphatic carbocycles. The molecule has 1 rings (SSSR count). The Morgan fingerprint density at radius 1 is 1.28 bits per heavy atom. The zero-order valence-corrected chi connectivity index (χ0v) is 13.8. The van der Waals surface area contributed by atoms with Crippen LogP contribution in [-0.2, 0) is 0 Å². The van der Waals surface area contributed by atoms with Crippen LogP contribution in [0.4, 0.5) is 0 Å². The predicted octanol–water partition coefficient (Wildman–Crippen LogP) is 5.58. The standard InChI is InChI=1S/C15H23BrClN/c1-4-9-18-15(8-5-11(2)3)13-7-6-12(16)10-14(13)17/h6-7,10-11,15,18H,4-5,8-9H2,1-3H3. The van der Waals surface area contributed by atoms with Crippen molar-refractivity contribution < 1.29 is 0 Å². The minimum atomic E-state index is 0.368. The summed E-state index contributed by atoms with van der Waals surface area (Å²) < 4.78 is 1.04. The highest BCUT2D eigenvalue weighted by Crippen LogP contribution is 2.29. The number of nitrogens with one attached hydrogen (secondary N) is 1. The van der Waals surface area contributed by atoms with Crippen LogP contribution in [0.2, 0.25) is 5.02 Å². The molecule has 0 saturated heterocycles. The van der Waals surface area contributed by atoms with Crippen molar-refractivity contribution in [3.8, 4) is 0 Å². The number of hydrogen-bond donors (Lipinski definition) is 1. The molecule has 0 aromatic heterocycles. The van der Waals surface area contributed by atoms with Gasteiger partial charge in [-0.3, -0.25) is 0 Å². The second-order valence-corrected chi connectivity index (χ2v) is 6.47. The minimum absolute atomic E-state index is 0.368. The van der Waals surface area contributed by atoms with Crippen LogP contribution in [0.5, 0.6) is 0 Å². The SMILES string of the molecule is CCCNC(CCC(C)C)c1ccc(Br)cc1Cl. The fraction of sp³-hybridized carbons (Fsp3) is 0.600. The van der Waals surface area contributed by atoms with Gasteiger partial charge in [0.05, 0.1) is 0 Å². The maximum absolute atomic E-state index is 6.35. The first kappa shape index (κ1) is 16.0. The Morgan fingerprint density at radius 3 is 2.56 bits per heavy atom. The third-order valence-corrected chi connectivity index (χ3v) is 3.83. The third-order valence-electron chi connectivity index (χ3n) is 3.01. The minimum Gasteiger partial charge on any atom is -0.310 e. The fourth-order valence-electron chi connectivity index (χ4n) is 1.97. The van der Waals surface area contributed by atoms with E-state index in [1.54, 1.807) is 0 Å². The molecule has 0 bridgehead atoms. The molecule has 3 heteroatoms. The van der Waals surface area contributed by atoms with Crippen molar-refractivity contribution in [1.82, 2.24) is 5.32 Å². The second kappa shape index (κ2) is 8.19. The quantitative estimate of drug-likeness (QED) is 0.687. The van der Waals surface area contributed by atoms with Crippen LogP contribution in [0.15, 0.2) is 22.7 Å². The Bertz CT molecular complexity index is 366. The van der Waals surface area contributed by atoms with Gasteiger partial charge in [-0.1, -0.05) is 54.4 Å². The lowest BCUT2D eigenvalue weighted by Crippen LogP contribution is -2.22. The van der Waals surface area contributed by atoms with Gasteiger partial charge in [-0.15, -0.1) is 0 Å². The summed E-state index contributed by atoms with van der Waals surface area (Å²) in [6, 6.07) is 6.54. The van der Waals surface area contributed by atoms with E-state index in [0.29, 0.717) is 6.04 Å². The first-order valence-corrected chi connectivity index (χ1v) is 7.90. The molecule has 1 atom stereocenters. The van der Waals surface area contributed by atoms with Crippen LogP contribution in [-0.4, -0.2) is 6.54 Å². The molecule has 1 unspecified atom stereocenters. The number of rotatable bonds is 7. The Labute approximate surface area is 124 Å². The maximum atomic E-state index is 6.35. The molecule has 0 aliphatic rings. The van der Waals surface area contributed by atoms with Gasteiger partial charge in [0.2, 0.25) is 0 Å². The van der Waals surface area contributed by atoms with Gasteiger partial charge in [-0.25, -0.2) is 0 Å². The summed E-state index contributed by atoms with van der Waals surface area (Å²) in [5.74, 6) is 0.727. The van der Waals surface area contributed by atoms with E-state index in [9.17, 15) is 0 Å². The zero-order valence-electron chi connectivity index (χ0n) is 11.5. The molecule has 0 radical (unpaired) electrons. The molecule has 0 spiro atoms. The molecule has 1 aromatic carbocycles. The Kier molecular flexibility index (Phi) is 7.28. The van der Waals surface area contributed by atoms with E-state index in [1.807, 2.05) is 6.07 Å². The lowest BCUT2D eigenvalue weighted by molar-refractivity contribution is 0.441. The molecular formula is C15H23BrClN. The van der Waals surface area contributed by atoms with Gasteiger partial charge < -0.3 is 5.32 Å². The fourth-order valence-corrected chi connectivity index (χ4v) is 2.78. The molecule has 0 amide bonds. The van der Waals surface area contributed by atoms with Crippen molar-refractivity contribution in [2.24, 2.45) is 5.92 Å². The Morgan fingerprint density at radius 2 is 2.00 bits per heavy atom. The van der Waals surface area contributed by atoms with E-state index in [4.69, 9.17) is 11.6 Å². The molecule has 0 saturated carbocycles. The van der Waals surface area contributed by atoms with Gasteiger partial charge in [0.25, 0.3) is 0 Å². The molecule has 1 aromatic rings. The summed E-state index contributed by atoms with van der Waals surface area (Å²) in [5, 5.41) is 4.45. The summed E-state index contributed by atoms with van der Waals surface area (Å²) in [5.41, 5.74) is 1.22. The smallest absolute Gasteiger partial charge is 0.0465 e. The van der Waals surface area contributed by atoms with Crippen LogP contribution in [0, 0.1) is 5.92 Å². The summed E-state index contributed by atoms with van der Waals surface area (Å²) in [4.78, 5) is 0. The predicted molar refractivity (Wildman–Crippen MR) is 84.3 cm³/mol. The second-order valence-electron chi connectivity index (χ2n) is 5.14. The Hall–Kier alpha value is -0.0500. The number of benzene rings is 1. The van der Waals surface area contributed by atoms with Crippen molar-refractivity contribution in [2.45, 2.75) is 46.1 Å². The Balaban J connectivity index is 2.79. The van der Waals surface area contributed by atoms with E-state index < -0.39 is 0 Å². The molecule has 1 N–H and O–H groups in total. The van der Waals surface area contributed by atoms with Crippen molar-refractivity contribution in [3.05, 3.63) is 33.3 Å². The molecule has 18 heavy (non-hydrogen) atoms. The summed E-state index contributed by atoms with van der Waals surface area (Å²) >= 11 is 9.80. The van der Waals surface area contributed by atoms with Crippen molar-refractivity contribution in [1.29, 1.82) is 0 Å². The van der Waals surface area contributed by atoms with Gasteiger partial charge in [-0.05, 0) is 49.4 Å². The summed E-state index contributed by atoms with van der Waals surface area (Å²) in [7, 11) is 0. The van der Waals surface area contributed by atoms with Gasteiger partial charge >= 0.3 is 0 Å². The van der Waals surface area contributed by atoms with E-state index >= 15 is 0 Å². The van der Waals surface area contributed by atoms with Gasteiger partial charge in [0.1, 0.15) is 0 Å². The van der Waals surface area contributed by atoms with E-state index in [1.165, 1.54) is 12.0 Å². The van der Waals surface area contributed by atoms with Crippen LogP contribution >= 0.6 is 27.5 Å². The largest absolute Gasteiger partial charge is 0.310 e. The van der Waals surface area contributed by atoms with Crippen molar-refractivity contribution in [3.63, 3.8) is 0 Å². The molecule has 0 fully saturated rings. The first-order chi connectivity index (χ1) is 8.54.